The van der Waals surface area contributed by atoms with Crippen molar-refractivity contribution in [2.45, 2.75) is 13.3 Å². The van der Waals surface area contributed by atoms with Gasteiger partial charge in [-0.1, -0.05) is 13.0 Å². The lowest BCUT2D eigenvalue weighted by molar-refractivity contribution is 0.123. The van der Waals surface area contributed by atoms with E-state index in [4.69, 9.17) is 9.73 Å². The third-order valence-corrected chi connectivity index (χ3v) is 3.51. The fraction of sp³-hybridized carbons (Fsp3) is 0.533. The molecule has 1 fully saturated rings. The predicted molar refractivity (Wildman–Crippen MR) is 84.1 cm³/mol. The summed E-state index contributed by atoms with van der Waals surface area (Å²) in [5, 5.41) is 6.13. The van der Waals surface area contributed by atoms with Crippen LogP contribution in [0.1, 0.15) is 12.5 Å². The number of aliphatic imine (C=N–C) groups is 1. The molecule has 5 heteroatoms. The SMILES string of the molecule is CCc1ccc(N2CCOCC2)c(N=C(NC)NC)c1. The highest BCUT2D eigenvalue weighted by Gasteiger charge is 2.15. The summed E-state index contributed by atoms with van der Waals surface area (Å²) in [5.41, 5.74) is 3.48. The van der Waals surface area contributed by atoms with Gasteiger partial charge in [-0.25, -0.2) is 4.99 Å². The van der Waals surface area contributed by atoms with Crippen LogP contribution in [0.3, 0.4) is 0 Å². The van der Waals surface area contributed by atoms with Crippen molar-refractivity contribution in [3.63, 3.8) is 0 Å². The molecule has 1 aliphatic rings. The summed E-state index contributed by atoms with van der Waals surface area (Å²) in [6, 6.07) is 6.52. The maximum absolute atomic E-state index is 5.43. The monoisotopic (exact) mass is 276 g/mol. The van der Waals surface area contributed by atoms with Gasteiger partial charge in [-0.05, 0) is 24.1 Å². The van der Waals surface area contributed by atoms with Crippen LogP contribution in [-0.2, 0) is 11.2 Å². The molecule has 0 saturated carbocycles. The molecular formula is C15H24N4O. The zero-order valence-corrected chi connectivity index (χ0v) is 12.6. The number of anilines is 1. The first kappa shape index (κ1) is 14.7. The number of hydrogen-bond donors (Lipinski definition) is 2. The Morgan fingerprint density at radius 1 is 1.25 bits per heavy atom. The van der Waals surface area contributed by atoms with E-state index in [9.17, 15) is 0 Å². The molecular weight excluding hydrogens is 252 g/mol. The number of morpholine rings is 1. The van der Waals surface area contributed by atoms with Gasteiger partial charge in [0, 0.05) is 27.2 Å². The lowest BCUT2D eigenvalue weighted by Crippen LogP contribution is -2.36. The van der Waals surface area contributed by atoms with Gasteiger partial charge in [-0.3, -0.25) is 0 Å². The Labute approximate surface area is 121 Å². The van der Waals surface area contributed by atoms with Crippen LogP contribution in [0.15, 0.2) is 23.2 Å². The van der Waals surface area contributed by atoms with Crippen LogP contribution < -0.4 is 15.5 Å². The molecule has 2 rings (SSSR count). The molecule has 1 heterocycles. The third-order valence-electron chi connectivity index (χ3n) is 3.51. The standard InChI is InChI=1S/C15H24N4O/c1-4-12-5-6-14(19-7-9-20-10-8-19)13(11-12)18-15(16-2)17-3/h5-6,11H,4,7-10H2,1-3H3,(H2,16,17,18). The molecule has 0 aromatic heterocycles. The molecule has 0 spiro atoms. The Morgan fingerprint density at radius 2 is 1.95 bits per heavy atom. The molecule has 2 N–H and O–H groups in total. The van der Waals surface area contributed by atoms with Crippen LogP contribution in [0.2, 0.25) is 0 Å². The number of hydrogen-bond acceptors (Lipinski definition) is 3. The molecule has 0 bridgehead atoms. The highest BCUT2D eigenvalue weighted by molar-refractivity contribution is 5.85. The molecule has 20 heavy (non-hydrogen) atoms. The molecule has 5 nitrogen and oxygen atoms in total. The van der Waals surface area contributed by atoms with E-state index in [1.165, 1.54) is 11.3 Å². The van der Waals surface area contributed by atoms with Crippen molar-refractivity contribution in [1.29, 1.82) is 0 Å². The topological polar surface area (TPSA) is 48.9 Å². The average Bonchev–Trinajstić information content (AvgIpc) is 2.53. The second-order valence-corrected chi connectivity index (χ2v) is 4.74. The largest absolute Gasteiger partial charge is 0.378 e. The molecule has 110 valence electrons. The van der Waals surface area contributed by atoms with E-state index in [2.05, 4.69) is 40.7 Å². The molecule has 1 saturated heterocycles. The minimum atomic E-state index is 0.771. The summed E-state index contributed by atoms with van der Waals surface area (Å²) in [5.74, 6) is 0.771. The van der Waals surface area contributed by atoms with Gasteiger partial charge in [-0.2, -0.15) is 0 Å². The van der Waals surface area contributed by atoms with Crippen LogP contribution in [0.5, 0.6) is 0 Å². The molecule has 1 aromatic rings. The number of benzene rings is 1. The van der Waals surface area contributed by atoms with Crippen LogP contribution in [-0.4, -0.2) is 46.4 Å². The Balaban J connectivity index is 2.36. The number of rotatable bonds is 3. The predicted octanol–water partition coefficient (Wildman–Crippen LogP) is 1.51. The van der Waals surface area contributed by atoms with E-state index < -0.39 is 0 Å². The van der Waals surface area contributed by atoms with Crippen molar-refractivity contribution in [2.24, 2.45) is 4.99 Å². The van der Waals surface area contributed by atoms with Crippen LogP contribution in [0.4, 0.5) is 11.4 Å². The molecule has 0 radical (unpaired) electrons. The minimum absolute atomic E-state index is 0.771. The van der Waals surface area contributed by atoms with E-state index in [0.29, 0.717) is 0 Å². The summed E-state index contributed by atoms with van der Waals surface area (Å²) >= 11 is 0. The maximum atomic E-state index is 5.43. The van der Waals surface area contributed by atoms with E-state index in [1.807, 2.05) is 14.1 Å². The van der Waals surface area contributed by atoms with Crippen LogP contribution in [0, 0.1) is 0 Å². The van der Waals surface area contributed by atoms with Gasteiger partial charge in [0.05, 0.1) is 24.6 Å². The Bertz CT molecular complexity index is 461. The zero-order chi connectivity index (χ0) is 14.4. The highest BCUT2D eigenvalue weighted by Crippen LogP contribution is 2.30. The fourth-order valence-corrected chi connectivity index (χ4v) is 2.31. The Kier molecular flexibility index (Phi) is 5.24. The smallest absolute Gasteiger partial charge is 0.196 e. The molecule has 0 atom stereocenters. The first-order valence-electron chi connectivity index (χ1n) is 7.18. The summed E-state index contributed by atoms with van der Waals surface area (Å²) in [7, 11) is 3.74. The first-order chi connectivity index (χ1) is 9.78. The molecule has 0 unspecified atom stereocenters. The van der Waals surface area contributed by atoms with Gasteiger partial charge in [0.1, 0.15) is 0 Å². The van der Waals surface area contributed by atoms with Crippen molar-refractivity contribution >= 4 is 17.3 Å². The van der Waals surface area contributed by atoms with E-state index >= 15 is 0 Å². The normalized spacial score (nSPS) is 14.8. The van der Waals surface area contributed by atoms with Gasteiger partial charge in [0.2, 0.25) is 0 Å². The molecule has 0 amide bonds. The Morgan fingerprint density at radius 3 is 2.55 bits per heavy atom. The quantitative estimate of drug-likeness (QED) is 0.649. The lowest BCUT2D eigenvalue weighted by atomic mass is 10.1. The highest BCUT2D eigenvalue weighted by atomic mass is 16.5. The number of nitrogens with one attached hydrogen (secondary N) is 2. The van der Waals surface area contributed by atoms with Crippen molar-refractivity contribution < 1.29 is 4.74 Å². The van der Waals surface area contributed by atoms with Crippen molar-refractivity contribution in [3.05, 3.63) is 23.8 Å². The summed E-state index contributed by atoms with van der Waals surface area (Å²) in [6.07, 6.45) is 1.01. The van der Waals surface area contributed by atoms with Crippen molar-refractivity contribution in [3.8, 4) is 0 Å². The number of ether oxygens (including phenoxy) is 1. The van der Waals surface area contributed by atoms with Crippen LogP contribution >= 0.6 is 0 Å². The van der Waals surface area contributed by atoms with E-state index in [0.717, 1.165) is 44.4 Å². The van der Waals surface area contributed by atoms with Gasteiger partial charge in [0.25, 0.3) is 0 Å². The Hall–Kier alpha value is -1.75. The number of guanidine groups is 1. The van der Waals surface area contributed by atoms with Gasteiger partial charge >= 0.3 is 0 Å². The second-order valence-electron chi connectivity index (χ2n) is 4.74. The molecule has 1 aromatic carbocycles. The van der Waals surface area contributed by atoms with Gasteiger partial charge in [-0.15, -0.1) is 0 Å². The van der Waals surface area contributed by atoms with Gasteiger partial charge in [0.15, 0.2) is 5.96 Å². The number of aryl methyl sites for hydroxylation is 1. The molecule has 0 aliphatic carbocycles. The summed E-state index contributed by atoms with van der Waals surface area (Å²) in [4.78, 5) is 7.03. The number of nitrogens with zero attached hydrogens (tertiary/aromatic N) is 2. The van der Waals surface area contributed by atoms with Crippen molar-refractivity contribution in [2.75, 3.05) is 45.3 Å². The third kappa shape index (κ3) is 3.42. The van der Waals surface area contributed by atoms with E-state index in [1.54, 1.807) is 0 Å². The summed E-state index contributed by atoms with van der Waals surface area (Å²) < 4.78 is 5.43. The van der Waals surface area contributed by atoms with E-state index in [-0.39, 0.29) is 0 Å². The fourth-order valence-electron chi connectivity index (χ4n) is 2.31. The maximum Gasteiger partial charge on any atom is 0.196 e. The van der Waals surface area contributed by atoms with Gasteiger partial charge < -0.3 is 20.3 Å². The minimum Gasteiger partial charge on any atom is -0.378 e. The lowest BCUT2D eigenvalue weighted by Gasteiger charge is -2.30. The molecule has 1 aliphatic heterocycles. The first-order valence-corrected chi connectivity index (χ1v) is 7.18. The second kappa shape index (κ2) is 7.14. The van der Waals surface area contributed by atoms with Crippen molar-refractivity contribution in [1.82, 2.24) is 10.6 Å². The summed E-state index contributed by atoms with van der Waals surface area (Å²) in [6.45, 7) is 5.56. The zero-order valence-electron chi connectivity index (χ0n) is 12.6. The van der Waals surface area contributed by atoms with Crippen LogP contribution in [0.25, 0.3) is 0 Å². The average molecular weight is 276 g/mol.